The normalized spacial score (nSPS) is 15.1. The second kappa shape index (κ2) is 16.4. The van der Waals surface area contributed by atoms with Gasteiger partial charge in [-0.15, -0.1) is 0 Å². The Hall–Kier alpha value is -2.62. The lowest BCUT2D eigenvalue weighted by atomic mass is 9.98. The number of carbonyl (C=O) groups is 1. The van der Waals surface area contributed by atoms with E-state index in [1.165, 1.54) is 12.1 Å². The molecular weight excluding hydrogens is 499 g/mol. The van der Waals surface area contributed by atoms with Crippen LogP contribution in [0.25, 0.3) is 0 Å². The van der Waals surface area contributed by atoms with Gasteiger partial charge in [0, 0.05) is 18.5 Å². The fraction of sp³-hybridized carbons (Fsp3) is 0.552. The predicted octanol–water partition coefficient (Wildman–Crippen LogP) is 5.76. The highest BCUT2D eigenvalue weighted by atomic mass is 19.3. The summed E-state index contributed by atoms with van der Waals surface area (Å²) < 4.78 is 53.6. The van der Waals surface area contributed by atoms with Gasteiger partial charge in [0.25, 0.3) is 0 Å². The first-order chi connectivity index (χ1) is 18.1. The Morgan fingerprint density at radius 3 is 2.45 bits per heavy atom. The van der Waals surface area contributed by atoms with Crippen molar-refractivity contribution in [1.82, 2.24) is 4.90 Å². The Kier molecular flexibility index (Phi) is 13.6. The van der Waals surface area contributed by atoms with Crippen molar-refractivity contribution >= 4 is 5.97 Å². The van der Waals surface area contributed by atoms with Gasteiger partial charge < -0.3 is 24.2 Å². The van der Waals surface area contributed by atoms with Crippen LogP contribution in [0.3, 0.4) is 0 Å². The average molecular weight is 540 g/mol. The average Bonchev–Trinajstić information content (AvgIpc) is 3.37. The third-order valence-corrected chi connectivity index (χ3v) is 6.24. The number of hydrogen-bond donors (Lipinski definition) is 1. The summed E-state index contributed by atoms with van der Waals surface area (Å²) in [7, 11) is 0. The van der Waals surface area contributed by atoms with Gasteiger partial charge in [-0.2, -0.15) is 8.78 Å². The van der Waals surface area contributed by atoms with E-state index in [9.17, 15) is 23.1 Å². The van der Waals surface area contributed by atoms with E-state index >= 15 is 0 Å². The van der Waals surface area contributed by atoms with Crippen LogP contribution in [0.2, 0.25) is 0 Å². The van der Waals surface area contributed by atoms with E-state index in [-0.39, 0.29) is 37.6 Å². The van der Waals surface area contributed by atoms with Crippen LogP contribution in [0.5, 0.6) is 5.75 Å². The zero-order valence-electron chi connectivity index (χ0n) is 22.7. The minimum absolute atomic E-state index is 0.0230. The molecule has 1 N–H and O–H groups in total. The van der Waals surface area contributed by atoms with Crippen molar-refractivity contribution in [3.8, 4) is 5.75 Å². The molecule has 2 unspecified atom stereocenters. The van der Waals surface area contributed by atoms with E-state index < -0.39 is 24.8 Å². The number of alkyl halides is 2. The number of hydrogen-bond acceptors (Lipinski definition) is 6. The van der Waals surface area contributed by atoms with Gasteiger partial charge in [-0.25, -0.2) is 4.39 Å². The Labute approximate surface area is 223 Å². The summed E-state index contributed by atoms with van der Waals surface area (Å²) in [5.74, 6) is -0.496. The van der Waals surface area contributed by atoms with Gasteiger partial charge in [0.05, 0.1) is 25.4 Å². The number of nitrogens with zero attached hydrogens (tertiary/aromatic N) is 1. The molecule has 9 heteroatoms. The number of aliphatic hydroxyl groups excluding tert-OH is 1. The Balaban J connectivity index is 0.000000474. The van der Waals surface area contributed by atoms with Gasteiger partial charge in [0.15, 0.2) is 0 Å². The van der Waals surface area contributed by atoms with Crippen molar-refractivity contribution in [2.75, 3.05) is 32.8 Å². The van der Waals surface area contributed by atoms with Crippen molar-refractivity contribution in [3.05, 3.63) is 64.5 Å². The van der Waals surface area contributed by atoms with Crippen LogP contribution >= 0.6 is 0 Å². The van der Waals surface area contributed by atoms with Crippen molar-refractivity contribution in [1.29, 1.82) is 0 Å². The van der Waals surface area contributed by atoms with Crippen molar-refractivity contribution in [2.24, 2.45) is 0 Å². The summed E-state index contributed by atoms with van der Waals surface area (Å²) >= 11 is 0. The number of benzene rings is 2. The molecule has 0 aliphatic carbocycles. The third kappa shape index (κ3) is 11.0. The molecule has 2 atom stereocenters. The van der Waals surface area contributed by atoms with Gasteiger partial charge in [-0.1, -0.05) is 24.3 Å². The number of esters is 1. The van der Waals surface area contributed by atoms with Crippen LogP contribution < -0.4 is 4.74 Å². The van der Waals surface area contributed by atoms with E-state index in [4.69, 9.17) is 9.47 Å². The lowest BCUT2D eigenvalue weighted by Crippen LogP contribution is -2.33. The number of likely N-dealkylation sites (tertiary alicyclic amines) is 1. The highest BCUT2D eigenvalue weighted by Crippen LogP contribution is 2.31. The molecule has 2 aromatic carbocycles. The zero-order chi connectivity index (χ0) is 28.1. The number of rotatable bonds is 12. The van der Waals surface area contributed by atoms with E-state index in [0.717, 1.165) is 31.5 Å². The van der Waals surface area contributed by atoms with E-state index in [1.54, 1.807) is 39.0 Å². The van der Waals surface area contributed by atoms with Gasteiger partial charge in [0.1, 0.15) is 11.6 Å². The van der Waals surface area contributed by atoms with Crippen molar-refractivity contribution in [3.63, 3.8) is 0 Å². The number of carbonyl (C=O) groups excluding carboxylic acids is 1. The SMILES string of the molecule is CCOC(=O)CCc1c(OC(F)F)cccc1C(C)OCC(O)CN1CCCC1.Cc1ccc(C)c(F)c1. The molecule has 212 valence electrons. The fourth-order valence-electron chi connectivity index (χ4n) is 4.26. The van der Waals surface area contributed by atoms with E-state index in [0.29, 0.717) is 23.2 Å². The smallest absolute Gasteiger partial charge is 0.387 e. The van der Waals surface area contributed by atoms with Gasteiger partial charge in [-0.05, 0) is 88.9 Å². The molecule has 6 nitrogen and oxygen atoms in total. The predicted molar refractivity (Wildman–Crippen MR) is 140 cm³/mol. The fourth-order valence-corrected chi connectivity index (χ4v) is 4.26. The second-order valence-electron chi connectivity index (χ2n) is 9.40. The molecule has 3 rings (SSSR count). The van der Waals surface area contributed by atoms with E-state index in [1.807, 2.05) is 13.0 Å². The number of ether oxygens (including phenoxy) is 3. The molecule has 1 heterocycles. The Morgan fingerprint density at radius 2 is 1.84 bits per heavy atom. The van der Waals surface area contributed by atoms with Crippen molar-refractivity contribution < 1.29 is 37.3 Å². The Morgan fingerprint density at radius 1 is 1.13 bits per heavy atom. The molecule has 2 aromatic rings. The Bertz CT molecular complexity index is 998. The second-order valence-corrected chi connectivity index (χ2v) is 9.40. The number of halogens is 3. The van der Waals surface area contributed by atoms with Gasteiger partial charge in [-0.3, -0.25) is 4.79 Å². The standard InChI is InChI=1S/C21H31F2NO5.C8H9F/c1-3-27-20(26)10-9-18-17(7-6-8-19(18)29-21(22)23)15(2)28-14-16(25)13-24-11-4-5-12-24;1-6-3-4-7(2)8(9)5-6/h6-8,15-16,21,25H,3-5,9-14H2,1-2H3;3-5H,1-2H3. The molecule has 0 amide bonds. The first-order valence-corrected chi connectivity index (χ1v) is 13.1. The largest absolute Gasteiger partial charge is 0.466 e. The molecule has 1 saturated heterocycles. The minimum atomic E-state index is -2.97. The van der Waals surface area contributed by atoms with Crippen LogP contribution in [0.1, 0.15) is 61.5 Å². The summed E-state index contributed by atoms with van der Waals surface area (Å²) in [5.41, 5.74) is 2.82. The van der Waals surface area contributed by atoms with Crippen LogP contribution in [0, 0.1) is 19.7 Å². The molecule has 1 fully saturated rings. The first-order valence-electron chi connectivity index (χ1n) is 13.1. The molecule has 1 aliphatic heterocycles. The zero-order valence-corrected chi connectivity index (χ0v) is 22.7. The van der Waals surface area contributed by atoms with E-state index in [2.05, 4.69) is 9.64 Å². The van der Waals surface area contributed by atoms with Crippen LogP contribution in [-0.4, -0.2) is 61.5 Å². The molecule has 1 aliphatic rings. The maximum Gasteiger partial charge on any atom is 0.387 e. The number of aliphatic hydroxyl groups is 1. The summed E-state index contributed by atoms with van der Waals surface area (Å²) in [6.07, 6.45) is 1.45. The summed E-state index contributed by atoms with van der Waals surface area (Å²) in [4.78, 5) is 13.9. The topological polar surface area (TPSA) is 68.2 Å². The van der Waals surface area contributed by atoms with Crippen LogP contribution in [0.15, 0.2) is 36.4 Å². The summed E-state index contributed by atoms with van der Waals surface area (Å²) in [5, 5.41) is 10.2. The van der Waals surface area contributed by atoms with Crippen molar-refractivity contribution in [2.45, 2.75) is 72.2 Å². The van der Waals surface area contributed by atoms with Gasteiger partial charge in [0.2, 0.25) is 0 Å². The minimum Gasteiger partial charge on any atom is -0.466 e. The molecule has 0 spiro atoms. The third-order valence-electron chi connectivity index (χ3n) is 6.24. The van der Waals surface area contributed by atoms with Crippen LogP contribution in [0.4, 0.5) is 13.2 Å². The number of β-amino-alcohol motifs (C(OH)–C–C–N with tert-alkyl or cyclic N) is 1. The first kappa shape index (κ1) is 31.6. The highest BCUT2D eigenvalue weighted by molar-refractivity contribution is 5.70. The summed E-state index contributed by atoms with van der Waals surface area (Å²) in [6, 6.07) is 10.0. The maximum absolute atomic E-state index is 12.8. The number of aryl methyl sites for hydroxylation is 2. The molecule has 0 saturated carbocycles. The lowest BCUT2D eigenvalue weighted by molar-refractivity contribution is -0.143. The molecule has 0 bridgehead atoms. The molecular formula is C29H40F3NO5. The van der Waals surface area contributed by atoms with Crippen LogP contribution in [-0.2, 0) is 20.7 Å². The maximum atomic E-state index is 12.8. The lowest BCUT2D eigenvalue weighted by Gasteiger charge is -2.23. The molecule has 0 aromatic heterocycles. The molecule has 38 heavy (non-hydrogen) atoms. The quantitative estimate of drug-likeness (QED) is 0.346. The summed E-state index contributed by atoms with van der Waals surface area (Å²) in [6.45, 7) is 7.08. The highest BCUT2D eigenvalue weighted by Gasteiger charge is 2.21. The monoisotopic (exact) mass is 539 g/mol. The van der Waals surface area contributed by atoms with Gasteiger partial charge >= 0.3 is 12.6 Å². The molecule has 0 radical (unpaired) electrons.